The van der Waals surface area contributed by atoms with Crippen molar-refractivity contribution in [1.82, 2.24) is 0 Å². The first-order valence-electron chi connectivity index (χ1n) is 5.58. The SMILES string of the molecule is CCC(C)(C)C1CCCCC(=O)C1. The summed E-state index contributed by atoms with van der Waals surface area (Å²) >= 11 is 0. The molecule has 1 atom stereocenters. The Morgan fingerprint density at radius 3 is 2.69 bits per heavy atom. The highest BCUT2D eigenvalue weighted by Gasteiger charge is 2.30. The summed E-state index contributed by atoms with van der Waals surface area (Å²) in [5, 5.41) is 0. The third-order valence-electron chi connectivity index (χ3n) is 3.75. The van der Waals surface area contributed by atoms with Crippen molar-refractivity contribution >= 4 is 5.78 Å². The summed E-state index contributed by atoms with van der Waals surface area (Å²) in [6.07, 6.45) is 6.48. The summed E-state index contributed by atoms with van der Waals surface area (Å²) in [6, 6.07) is 0. The van der Waals surface area contributed by atoms with E-state index >= 15 is 0 Å². The lowest BCUT2D eigenvalue weighted by atomic mass is 9.73. The smallest absolute Gasteiger partial charge is 0.133 e. The number of carbonyl (C=O) groups is 1. The second-order valence-electron chi connectivity index (χ2n) is 5.03. The molecule has 1 fully saturated rings. The van der Waals surface area contributed by atoms with Crippen molar-refractivity contribution in [2.24, 2.45) is 11.3 Å². The molecule has 0 aromatic carbocycles. The lowest BCUT2D eigenvalue weighted by Crippen LogP contribution is -2.24. The number of carbonyl (C=O) groups excluding carboxylic acids is 1. The molecule has 0 amide bonds. The average molecular weight is 182 g/mol. The number of hydrogen-bond acceptors (Lipinski definition) is 1. The van der Waals surface area contributed by atoms with Gasteiger partial charge in [0.05, 0.1) is 0 Å². The van der Waals surface area contributed by atoms with E-state index in [1.165, 1.54) is 19.3 Å². The van der Waals surface area contributed by atoms with Crippen LogP contribution in [0.15, 0.2) is 0 Å². The summed E-state index contributed by atoms with van der Waals surface area (Å²) < 4.78 is 0. The lowest BCUT2D eigenvalue weighted by molar-refractivity contribution is -0.120. The first kappa shape index (κ1) is 10.7. The van der Waals surface area contributed by atoms with Crippen LogP contribution >= 0.6 is 0 Å². The molecule has 1 saturated carbocycles. The zero-order chi connectivity index (χ0) is 9.90. The van der Waals surface area contributed by atoms with E-state index in [0.29, 0.717) is 17.1 Å². The van der Waals surface area contributed by atoms with Crippen molar-refractivity contribution in [2.45, 2.75) is 59.3 Å². The number of Topliss-reactive ketones (excluding diaryl/α,β-unsaturated/α-hetero) is 1. The maximum absolute atomic E-state index is 11.5. The van der Waals surface area contributed by atoms with Gasteiger partial charge in [-0.15, -0.1) is 0 Å². The Morgan fingerprint density at radius 1 is 1.38 bits per heavy atom. The molecule has 0 heterocycles. The van der Waals surface area contributed by atoms with E-state index in [1.54, 1.807) is 0 Å². The van der Waals surface area contributed by atoms with Gasteiger partial charge in [-0.2, -0.15) is 0 Å². The summed E-state index contributed by atoms with van der Waals surface area (Å²) in [5.41, 5.74) is 0.361. The molecular weight excluding hydrogens is 160 g/mol. The monoisotopic (exact) mass is 182 g/mol. The van der Waals surface area contributed by atoms with Crippen molar-refractivity contribution in [1.29, 1.82) is 0 Å². The van der Waals surface area contributed by atoms with Crippen LogP contribution < -0.4 is 0 Å². The Labute approximate surface area is 81.9 Å². The van der Waals surface area contributed by atoms with Crippen LogP contribution in [0, 0.1) is 11.3 Å². The van der Waals surface area contributed by atoms with E-state index in [4.69, 9.17) is 0 Å². The lowest BCUT2D eigenvalue weighted by Gasteiger charge is -2.32. The highest BCUT2D eigenvalue weighted by molar-refractivity contribution is 5.78. The second-order valence-corrected chi connectivity index (χ2v) is 5.03. The summed E-state index contributed by atoms with van der Waals surface area (Å²) in [5.74, 6) is 1.12. The predicted octanol–water partition coefficient (Wildman–Crippen LogP) is 3.57. The number of rotatable bonds is 2. The van der Waals surface area contributed by atoms with Crippen molar-refractivity contribution in [3.63, 3.8) is 0 Å². The fraction of sp³-hybridized carbons (Fsp3) is 0.917. The first-order valence-corrected chi connectivity index (χ1v) is 5.58. The largest absolute Gasteiger partial charge is 0.300 e. The van der Waals surface area contributed by atoms with Crippen LogP contribution in [0.1, 0.15) is 59.3 Å². The number of ketones is 1. The maximum atomic E-state index is 11.5. The minimum atomic E-state index is 0.361. The highest BCUT2D eigenvalue weighted by Crippen LogP contribution is 2.38. The number of hydrogen-bond donors (Lipinski definition) is 0. The predicted molar refractivity (Wildman–Crippen MR) is 55.7 cm³/mol. The van der Waals surface area contributed by atoms with E-state index < -0.39 is 0 Å². The molecule has 1 aliphatic rings. The van der Waals surface area contributed by atoms with Crippen LogP contribution in [0.25, 0.3) is 0 Å². The molecule has 0 saturated heterocycles. The first-order chi connectivity index (χ1) is 6.06. The normalized spacial score (nSPS) is 25.8. The van der Waals surface area contributed by atoms with Crippen LogP contribution in [0.5, 0.6) is 0 Å². The third kappa shape index (κ3) is 2.82. The molecule has 13 heavy (non-hydrogen) atoms. The molecule has 1 rings (SSSR count). The highest BCUT2D eigenvalue weighted by atomic mass is 16.1. The quantitative estimate of drug-likeness (QED) is 0.597. The molecule has 0 N–H and O–H groups in total. The van der Waals surface area contributed by atoms with E-state index in [-0.39, 0.29) is 0 Å². The second kappa shape index (κ2) is 4.26. The fourth-order valence-electron chi connectivity index (χ4n) is 2.15. The van der Waals surface area contributed by atoms with Gasteiger partial charge in [-0.3, -0.25) is 4.79 Å². The van der Waals surface area contributed by atoms with Gasteiger partial charge in [0.25, 0.3) is 0 Å². The fourth-order valence-corrected chi connectivity index (χ4v) is 2.15. The Kier molecular flexibility index (Phi) is 3.52. The molecule has 1 heteroatoms. The van der Waals surface area contributed by atoms with Crippen molar-refractivity contribution in [2.75, 3.05) is 0 Å². The van der Waals surface area contributed by atoms with Crippen LogP contribution in [-0.2, 0) is 4.79 Å². The zero-order valence-electron chi connectivity index (χ0n) is 9.23. The molecule has 1 aliphatic carbocycles. The van der Waals surface area contributed by atoms with Crippen molar-refractivity contribution in [3.05, 3.63) is 0 Å². The molecule has 76 valence electrons. The third-order valence-corrected chi connectivity index (χ3v) is 3.75. The van der Waals surface area contributed by atoms with Gasteiger partial charge in [-0.05, 0) is 24.2 Å². The molecule has 0 spiro atoms. The minimum absolute atomic E-state index is 0.361. The van der Waals surface area contributed by atoms with Gasteiger partial charge in [-0.25, -0.2) is 0 Å². The van der Waals surface area contributed by atoms with E-state index in [2.05, 4.69) is 20.8 Å². The van der Waals surface area contributed by atoms with Crippen LogP contribution in [-0.4, -0.2) is 5.78 Å². The summed E-state index contributed by atoms with van der Waals surface area (Å²) in [4.78, 5) is 11.5. The van der Waals surface area contributed by atoms with Gasteiger partial charge in [-0.1, -0.05) is 33.6 Å². The molecule has 0 radical (unpaired) electrons. The van der Waals surface area contributed by atoms with Gasteiger partial charge in [0, 0.05) is 12.8 Å². The molecule has 0 bridgehead atoms. The van der Waals surface area contributed by atoms with Crippen molar-refractivity contribution in [3.8, 4) is 0 Å². The van der Waals surface area contributed by atoms with Gasteiger partial charge < -0.3 is 0 Å². The van der Waals surface area contributed by atoms with Gasteiger partial charge >= 0.3 is 0 Å². The summed E-state index contributed by atoms with van der Waals surface area (Å²) in [6.45, 7) is 6.84. The Balaban J connectivity index is 2.62. The van der Waals surface area contributed by atoms with Gasteiger partial charge in [0.1, 0.15) is 5.78 Å². The minimum Gasteiger partial charge on any atom is -0.300 e. The Bertz CT molecular complexity index is 182. The molecular formula is C12H22O. The zero-order valence-corrected chi connectivity index (χ0v) is 9.23. The molecule has 0 aromatic rings. The Morgan fingerprint density at radius 2 is 2.08 bits per heavy atom. The molecule has 1 nitrogen and oxygen atoms in total. The molecule has 1 unspecified atom stereocenters. The van der Waals surface area contributed by atoms with Gasteiger partial charge in [0.15, 0.2) is 0 Å². The van der Waals surface area contributed by atoms with E-state index in [1.807, 2.05) is 0 Å². The molecule has 0 aliphatic heterocycles. The average Bonchev–Trinajstić information content (AvgIpc) is 2.30. The van der Waals surface area contributed by atoms with E-state index in [9.17, 15) is 4.79 Å². The molecule has 0 aromatic heterocycles. The summed E-state index contributed by atoms with van der Waals surface area (Å²) in [7, 11) is 0. The van der Waals surface area contributed by atoms with Gasteiger partial charge in [0.2, 0.25) is 0 Å². The van der Waals surface area contributed by atoms with Crippen LogP contribution in [0.4, 0.5) is 0 Å². The maximum Gasteiger partial charge on any atom is 0.133 e. The Hall–Kier alpha value is -0.330. The topological polar surface area (TPSA) is 17.1 Å². The van der Waals surface area contributed by atoms with Crippen LogP contribution in [0.2, 0.25) is 0 Å². The van der Waals surface area contributed by atoms with Crippen molar-refractivity contribution < 1.29 is 4.79 Å². The van der Waals surface area contributed by atoms with E-state index in [0.717, 1.165) is 19.3 Å². The van der Waals surface area contributed by atoms with Crippen LogP contribution in [0.3, 0.4) is 0 Å². The standard InChI is InChI=1S/C12H22O/c1-4-12(2,3)10-7-5-6-8-11(13)9-10/h10H,4-9H2,1-3H3.